The number of nitriles is 1. The Morgan fingerprint density at radius 3 is 2.79 bits per heavy atom. The van der Waals surface area contributed by atoms with Crippen LogP contribution in [-0.2, 0) is 16.0 Å². The highest BCUT2D eigenvalue weighted by molar-refractivity contribution is 6.21. The molecule has 3 aliphatic heterocycles. The zero-order valence-electron chi connectivity index (χ0n) is 23.4. The molecule has 1 saturated carbocycles. The van der Waals surface area contributed by atoms with Gasteiger partial charge in [0.2, 0.25) is 12.3 Å². The van der Waals surface area contributed by atoms with E-state index in [9.17, 15) is 10.1 Å². The Kier molecular flexibility index (Phi) is 8.79. The molecule has 0 spiro atoms. The summed E-state index contributed by atoms with van der Waals surface area (Å²) < 4.78 is 6.36. The number of rotatable bonds is 7. The molecule has 3 heterocycles. The summed E-state index contributed by atoms with van der Waals surface area (Å²) in [5, 5.41) is 9.48. The summed E-state index contributed by atoms with van der Waals surface area (Å²) in [6.45, 7) is 9.38. The molecule has 207 valence electrons. The smallest absolute Gasteiger partial charge is 0.247 e. The molecule has 8 heteroatoms. The molecule has 1 aromatic carbocycles. The molecule has 5 rings (SSSR count). The second-order valence-electron chi connectivity index (χ2n) is 11.1. The molecule has 1 radical (unpaired) electrons. The molecule has 39 heavy (non-hydrogen) atoms. The van der Waals surface area contributed by atoms with Gasteiger partial charge in [-0.25, -0.2) is 9.98 Å². The Morgan fingerprint density at radius 1 is 1.21 bits per heavy atom. The van der Waals surface area contributed by atoms with Gasteiger partial charge in [-0.2, -0.15) is 5.26 Å². The zero-order valence-corrected chi connectivity index (χ0v) is 23.4. The number of benzene rings is 1. The van der Waals surface area contributed by atoms with Crippen LogP contribution in [0.4, 0.5) is 0 Å². The highest BCUT2D eigenvalue weighted by Crippen LogP contribution is 2.40. The van der Waals surface area contributed by atoms with Crippen LogP contribution >= 0.6 is 0 Å². The predicted octanol–water partition coefficient (Wildman–Crippen LogP) is 3.95. The van der Waals surface area contributed by atoms with Crippen LogP contribution in [0.1, 0.15) is 62.5 Å². The number of amides is 1. The second-order valence-corrected chi connectivity index (χ2v) is 11.1. The van der Waals surface area contributed by atoms with E-state index in [0.717, 1.165) is 50.2 Å². The van der Waals surface area contributed by atoms with Gasteiger partial charge in [0.1, 0.15) is 5.84 Å². The standard InChI is InChI=1S/C31H41N6O2/c1-4-22-9-6-7-11-26(22)23-12-13-27-28(19-23)33-31(39-21-25-10-8-16-35(25)3)34-30(27)36-17-18-37(29(38)5-2)24(20-36)14-15-32/h5-7,9,11,23-25,31H,2,4,8,10,12-14,16-21H2,1,3H3/t23-,24+,25+,31?/m1/s1. The summed E-state index contributed by atoms with van der Waals surface area (Å²) in [6.07, 6.45) is 7.27. The van der Waals surface area contributed by atoms with Gasteiger partial charge < -0.3 is 19.4 Å². The monoisotopic (exact) mass is 529 g/mol. The van der Waals surface area contributed by atoms with Crippen LogP contribution in [-0.4, -0.2) is 90.4 Å². The molecule has 3 fully saturated rings. The van der Waals surface area contributed by atoms with Crippen LogP contribution in [0, 0.1) is 17.2 Å². The van der Waals surface area contributed by atoms with Gasteiger partial charge >= 0.3 is 0 Å². The quantitative estimate of drug-likeness (QED) is 0.500. The summed E-state index contributed by atoms with van der Waals surface area (Å²) in [4.78, 5) is 29.0. The largest absolute Gasteiger partial charge is 0.356 e. The lowest BCUT2D eigenvalue weighted by atomic mass is 9.74. The highest BCUT2D eigenvalue weighted by Gasteiger charge is 2.40. The van der Waals surface area contributed by atoms with Gasteiger partial charge in [0.05, 0.1) is 31.1 Å². The van der Waals surface area contributed by atoms with Gasteiger partial charge in [-0.05, 0) is 75.2 Å². The van der Waals surface area contributed by atoms with E-state index in [1.807, 2.05) is 0 Å². The summed E-state index contributed by atoms with van der Waals surface area (Å²) >= 11 is 0. The minimum Gasteiger partial charge on any atom is -0.356 e. The first-order chi connectivity index (χ1) is 19.0. The lowest BCUT2D eigenvalue weighted by Gasteiger charge is -2.45. The molecule has 4 aliphatic rings. The number of carbonyl (C=O) groups is 1. The van der Waals surface area contributed by atoms with Crippen molar-refractivity contribution in [1.82, 2.24) is 14.7 Å². The van der Waals surface area contributed by atoms with Crippen LogP contribution in [0.3, 0.4) is 0 Å². The maximum atomic E-state index is 12.5. The lowest BCUT2D eigenvalue weighted by molar-refractivity contribution is -0.130. The Bertz CT molecular complexity index is 1160. The summed E-state index contributed by atoms with van der Waals surface area (Å²) in [5.74, 6) is 2.46. The third-order valence-electron chi connectivity index (χ3n) is 8.85. The van der Waals surface area contributed by atoms with Crippen molar-refractivity contribution in [2.45, 2.75) is 76.2 Å². The molecular formula is C31H41N6O2. The van der Waals surface area contributed by atoms with Crippen LogP contribution in [0.25, 0.3) is 0 Å². The van der Waals surface area contributed by atoms with Gasteiger partial charge in [0.25, 0.3) is 0 Å². The molecule has 1 aliphatic carbocycles. The molecule has 1 amide bonds. The Balaban J connectivity index is 1.39. The van der Waals surface area contributed by atoms with E-state index in [2.05, 4.69) is 60.7 Å². The Labute approximate surface area is 233 Å². The van der Waals surface area contributed by atoms with E-state index >= 15 is 0 Å². The lowest BCUT2D eigenvalue weighted by Crippen LogP contribution is -2.58. The van der Waals surface area contributed by atoms with E-state index in [4.69, 9.17) is 14.7 Å². The number of likely N-dealkylation sites (tertiary alicyclic amines) is 1. The number of ether oxygens (including phenoxy) is 1. The first-order valence-corrected chi connectivity index (χ1v) is 14.5. The number of amidine groups is 1. The average molecular weight is 530 g/mol. The van der Waals surface area contributed by atoms with Crippen LogP contribution in [0.5, 0.6) is 0 Å². The van der Waals surface area contributed by atoms with Crippen molar-refractivity contribution >= 4 is 17.5 Å². The number of nitrogens with zero attached hydrogens (tertiary/aromatic N) is 6. The minimum atomic E-state index is -0.560. The van der Waals surface area contributed by atoms with Gasteiger partial charge in [-0.3, -0.25) is 4.79 Å². The average Bonchev–Trinajstić information content (AvgIpc) is 3.39. The van der Waals surface area contributed by atoms with Crippen molar-refractivity contribution in [2.24, 2.45) is 9.98 Å². The van der Waals surface area contributed by atoms with Crippen LogP contribution in [0.2, 0.25) is 0 Å². The van der Waals surface area contributed by atoms with Crippen molar-refractivity contribution in [3.05, 3.63) is 54.0 Å². The number of hydrogen-bond acceptors (Lipinski definition) is 7. The fourth-order valence-corrected chi connectivity index (χ4v) is 6.63. The molecule has 0 aromatic heterocycles. The normalized spacial score (nSPS) is 27.9. The topological polar surface area (TPSA) is 84.5 Å². The Hall–Kier alpha value is -3.02. The highest BCUT2D eigenvalue weighted by atomic mass is 16.5. The van der Waals surface area contributed by atoms with Gasteiger partial charge in [0, 0.05) is 31.4 Å². The number of carbonyl (C=O) groups excluding carboxylic acids is 1. The molecule has 0 bridgehead atoms. The molecule has 4 atom stereocenters. The van der Waals surface area contributed by atoms with Crippen molar-refractivity contribution in [1.29, 1.82) is 5.26 Å². The maximum Gasteiger partial charge on any atom is 0.247 e. The Morgan fingerprint density at radius 2 is 2.05 bits per heavy atom. The van der Waals surface area contributed by atoms with Crippen LogP contribution in [0.15, 0.2) is 46.9 Å². The molecule has 8 nitrogen and oxygen atoms in total. The number of aliphatic imine (C=N–C) groups is 2. The van der Waals surface area contributed by atoms with E-state index in [0.29, 0.717) is 38.2 Å². The number of fused-ring (bicyclic) bond motifs is 1. The van der Waals surface area contributed by atoms with Gasteiger partial charge in [0.15, 0.2) is 0 Å². The van der Waals surface area contributed by atoms with E-state index < -0.39 is 6.35 Å². The third-order valence-corrected chi connectivity index (χ3v) is 8.85. The van der Waals surface area contributed by atoms with Crippen molar-refractivity contribution in [2.75, 3.05) is 39.8 Å². The van der Waals surface area contributed by atoms with Gasteiger partial charge in [-0.1, -0.05) is 37.8 Å². The SMILES string of the molecule is C=CC(=O)N1CCN(C2=NC(OC[C@@H]3CCCN3C)N=C3C[C@H](c4ccccc4CC)CC[C]32)C[C@@H]1CC#N. The minimum absolute atomic E-state index is 0.118. The zero-order chi connectivity index (χ0) is 27.4. The molecule has 2 saturated heterocycles. The van der Waals surface area contributed by atoms with E-state index in [1.165, 1.54) is 29.5 Å². The first-order valence-electron chi connectivity index (χ1n) is 14.5. The number of likely N-dealkylation sites (N-methyl/N-ethyl adjacent to an activating group) is 1. The first kappa shape index (κ1) is 27.5. The van der Waals surface area contributed by atoms with Crippen molar-refractivity contribution in [3.63, 3.8) is 0 Å². The van der Waals surface area contributed by atoms with Gasteiger partial charge in [-0.15, -0.1) is 0 Å². The molecule has 1 aromatic rings. The summed E-state index contributed by atoms with van der Waals surface area (Å²) in [5.41, 5.74) is 3.95. The van der Waals surface area contributed by atoms with Crippen molar-refractivity contribution in [3.8, 4) is 6.07 Å². The van der Waals surface area contributed by atoms with Crippen LogP contribution < -0.4 is 0 Å². The van der Waals surface area contributed by atoms with E-state index in [-0.39, 0.29) is 18.4 Å². The fraction of sp³-hybridized carbons (Fsp3) is 0.581. The third kappa shape index (κ3) is 5.95. The fourth-order valence-electron chi connectivity index (χ4n) is 6.63. The number of hydrogen-bond donors (Lipinski definition) is 0. The molecular weight excluding hydrogens is 488 g/mol. The molecule has 0 N–H and O–H groups in total. The second kappa shape index (κ2) is 12.4. The molecule has 1 unspecified atom stereocenters. The summed E-state index contributed by atoms with van der Waals surface area (Å²) in [6, 6.07) is 11.3. The maximum absolute atomic E-state index is 12.5. The van der Waals surface area contributed by atoms with Crippen molar-refractivity contribution < 1.29 is 9.53 Å². The summed E-state index contributed by atoms with van der Waals surface area (Å²) in [7, 11) is 2.16. The predicted molar refractivity (Wildman–Crippen MR) is 153 cm³/mol. The number of piperazine rings is 1. The van der Waals surface area contributed by atoms with E-state index in [1.54, 1.807) is 4.90 Å². The number of aryl methyl sites for hydroxylation is 1.